The van der Waals surface area contributed by atoms with Crippen LogP contribution >= 0.6 is 35.6 Å². The third kappa shape index (κ3) is 26.8. The quantitative estimate of drug-likeness (QED) is 0.0663. The molecule has 714 valence electrons. The summed E-state index contributed by atoms with van der Waals surface area (Å²) in [6.07, 6.45) is 13.9. The van der Waals surface area contributed by atoms with E-state index in [4.69, 9.17) is 42.1 Å². The summed E-state index contributed by atoms with van der Waals surface area (Å²) in [7, 11) is 0. The Balaban J connectivity index is 0.000000136. The summed E-state index contributed by atoms with van der Waals surface area (Å²) >= 11 is 9.89. The average Bonchev–Trinajstić information content (AvgIpc) is 0.768. The van der Waals surface area contributed by atoms with E-state index in [0.717, 1.165) is 166 Å². The van der Waals surface area contributed by atoms with Crippen LogP contribution in [0.3, 0.4) is 0 Å². The molecular formula is C112H133Cl3N9NaO11. The van der Waals surface area contributed by atoms with E-state index in [1.54, 1.807) is 6.92 Å². The van der Waals surface area contributed by atoms with Crippen LogP contribution in [-0.4, -0.2) is 217 Å². The number of fused-ring (bicyclic) bond motifs is 17. The van der Waals surface area contributed by atoms with E-state index in [0.29, 0.717) is 68.6 Å². The topological polar surface area (TPSA) is 198 Å². The standard InChI is InChI=1S/2C23H26N2O2.C18H19NO2.2C15H15N.C8H12ClNO2.C7H13NO.C3H5ClO2.ClH.Na.H/c2*26-23(27-21-16-24-13-10-18(21)11-14-24)25-15-12-17-6-4-5-9-20(17)22(25)19-7-2-1-3-8-19;1-2-21-18(20)19-13-12-14-8-6-7-11-16(14)17(19)15-9-4-3-5-10-15;2*1-2-7-13(8-3-1)15-14-9-5-4-6-12(14)10-11-16-15;9-8(11)12-7-5-10-3-1-6(7)2-4-10;9-7-5-8-3-1-6(7)2-4-8;1-2-6-3(4)5;;;/h2*1-9,18,21-22H,10-16H2;3-11,17H,2,12-13H2,1H3;2*1-9,15-16H,10-11H2;6-7H,1-5H2;6-7,9H,1-5H2;2H2,1H3;1H;;/q;;;;;;;;;+1;-1/t21?,22-;;;15-;;;;;;;/m0..0......./s1. The van der Waals surface area contributed by atoms with Crippen molar-refractivity contribution in [1.29, 1.82) is 0 Å². The van der Waals surface area contributed by atoms with Crippen molar-refractivity contribution in [1.82, 2.24) is 44.9 Å². The van der Waals surface area contributed by atoms with Gasteiger partial charge in [-0.15, -0.1) is 12.4 Å². The monoisotopic (exact) mass is 1910 g/mol. The average molecular weight is 1910 g/mol. The summed E-state index contributed by atoms with van der Waals surface area (Å²) in [6, 6.07) is 95.5. The van der Waals surface area contributed by atoms with Gasteiger partial charge >= 0.3 is 58.7 Å². The second-order valence-electron chi connectivity index (χ2n) is 37.1. The molecule has 17 aliphatic heterocycles. The van der Waals surface area contributed by atoms with Crippen molar-refractivity contribution in [2.45, 2.75) is 152 Å². The van der Waals surface area contributed by atoms with Gasteiger partial charge in [-0.1, -0.05) is 273 Å². The molecule has 3 N–H and O–H groups in total. The maximum Gasteiger partial charge on any atom is 1.00 e. The van der Waals surface area contributed by atoms with Gasteiger partial charge in [0.2, 0.25) is 0 Å². The molecule has 0 radical (unpaired) electrons. The van der Waals surface area contributed by atoms with Crippen LogP contribution in [0.5, 0.6) is 0 Å². The first-order valence-electron chi connectivity index (χ1n) is 48.9. The molecule has 10 aromatic carbocycles. The Hall–Kier alpha value is -9.46. The van der Waals surface area contributed by atoms with Crippen molar-refractivity contribution in [2.75, 3.05) is 124 Å². The Morgan fingerprint density at radius 3 is 0.838 bits per heavy atom. The summed E-state index contributed by atoms with van der Waals surface area (Å²) in [5.41, 5.74) is 18.2. The summed E-state index contributed by atoms with van der Waals surface area (Å²) in [6.45, 7) is 21.5. The zero-order valence-electron chi connectivity index (χ0n) is 79.9. The number of carbonyl (C=O) groups excluding carboxylic acids is 5. The van der Waals surface area contributed by atoms with Gasteiger partial charge in [-0.05, 0) is 257 Å². The Labute approximate surface area is 843 Å². The minimum atomic E-state index is -0.738. The molecule has 17 aliphatic rings. The first-order chi connectivity index (χ1) is 65.7. The Morgan fingerprint density at radius 1 is 0.316 bits per heavy atom. The van der Waals surface area contributed by atoms with Crippen LogP contribution in [0, 0.1) is 23.7 Å². The van der Waals surface area contributed by atoms with E-state index in [9.17, 15) is 29.1 Å². The van der Waals surface area contributed by atoms with Crippen molar-refractivity contribution in [3.8, 4) is 0 Å². The molecule has 12 saturated heterocycles. The Morgan fingerprint density at radius 2 is 0.581 bits per heavy atom. The zero-order chi connectivity index (χ0) is 92.5. The number of aliphatic hydroxyl groups excluding tert-OH is 1. The number of ether oxygens (including phenoxy) is 5. The molecule has 12 fully saturated rings. The third-order valence-corrected chi connectivity index (χ3v) is 29.3. The predicted octanol–water partition coefficient (Wildman–Crippen LogP) is 17.8. The van der Waals surface area contributed by atoms with Gasteiger partial charge in [0, 0.05) is 82.1 Å². The molecule has 24 heteroatoms. The number of rotatable bonds is 10. The molecule has 20 nitrogen and oxygen atoms in total. The number of nitrogens with zero attached hydrogens (tertiary/aromatic N) is 7. The van der Waals surface area contributed by atoms with E-state index in [1.807, 2.05) is 82.3 Å². The minimum absolute atomic E-state index is 0. The van der Waals surface area contributed by atoms with Crippen molar-refractivity contribution < 1.29 is 83.7 Å². The summed E-state index contributed by atoms with van der Waals surface area (Å²) < 4.78 is 26.6. The summed E-state index contributed by atoms with van der Waals surface area (Å²) in [4.78, 5) is 74.1. The van der Waals surface area contributed by atoms with Gasteiger partial charge in [-0.2, -0.15) is 0 Å². The van der Waals surface area contributed by atoms with E-state index < -0.39 is 10.9 Å². The number of hydrogen-bond donors (Lipinski definition) is 3. The molecule has 136 heavy (non-hydrogen) atoms. The van der Waals surface area contributed by atoms with Crippen molar-refractivity contribution in [3.63, 3.8) is 0 Å². The Kier molecular flexibility index (Phi) is 38.7. The summed E-state index contributed by atoms with van der Waals surface area (Å²) in [5, 5.41) is 16.5. The smallest absolute Gasteiger partial charge is 1.00 e. The Bertz CT molecular complexity index is 5180. The number of carbonyl (C=O) groups is 5. The number of hydrogen-bond acceptors (Lipinski definition) is 17. The van der Waals surface area contributed by atoms with Gasteiger partial charge in [0.25, 0.3) is 0 Å². The van der Waals surface area contributed by atoms with E-state index in [1.165, 1.54) is 92.7 Å². The van der Waals surface area contributed by atoms with Gasteiger partial charge in [0.05, 0.1) is 49.5 Å². The van der Waals surface area contributed by atoms with Crippen LogP contribution in [0.4, 0.5) is 24.0 Å². The number of nitrogens with one attached hydrogen (secondary N) is 2. The molecule has 3 amide bonds. The number of piperidine rings is 12. The van der Waals surface area contributed by atoms with Gasteiger partial charge in [0.1, 0.15) is 18.3 Å². The molecule has 0 aromatic heterocycles. The number of halogens is 3. The largest absolute Gasteiger partial charge is 1.00 e. The molecule has 8 bridgehead atoms. The zero-order valence-corrected chi connectivity index (χ0v) is 83.3. The van der Waals surface area contributed by atoms with E-state index in [-0.39, 0.29) is 104 Å². The van der Waals surface area contributed by atoms with Gasteiger partial charge in [0.15, 0.2) is 0 Å². The maximum absolute atomic E-state index is 13.2. The third-order valence-electron chi connectivity index (χ3n) is 29.1. The molecule has 27 rings (SSSR count). The fourth-order valence-electron chi connectivity index (χ4n) is 22.1. The van der Waals surface area contributed by atoms with Crippen molar-refractivity contribution in [3.05, 3.63) is 356 Å². The fraction of sp³-hybridized carbons (Fsp3) is 0.420. The number of aliphatic hydroxyl groups is 1. The second-order valence-corrected chi connectivity index (χ2v) is 37.7. The molecule has 17 heterocycles. The van der Waals surface area contributed by atoms with Crippen molar-refractivity contribution >= 4 is 64.7 Å². The van der Waals surface area contributed by atoms with Crippen LogP contribution in [0.2, 0.25) is 0 Å². The first-order valence-corrected chi connectivity index (χ1v) is 49.7. The molecule has 0 spiro atoms. The van der Waals surface area contributed by atoms with Gasteiger partial charge in [-0.3, -0.25) is 29.4 Å². The first kappa shape index (κ1) is 102. The van der Waals surface area contributed by atoms with E-state index in [2.05, 4.69) is 247 Å². The van der Waals surface area contributed by atoms with Crippen LogP contribution in [0.25, 0.3) is 0 Å². The number of amides is 3. The van der Waals surface area contributed by atoms with Crippen LogP contribution in [0.1, 0.15) is 180 Å². The van der Waals surface area contributed by atoms with Crippen molar-refractivity contribution in [2.24, 2.45) is 23.7 Å². The SMILES string of the molecule is CCOC(=O)Cl.CCOC(=O)N1CCc2ccccc2C1c1ccccc1.Cl.O=C(Cl)OC1CN2CCC1CC2.O=C(OC1CN2CCC1CC2)N1CCc2ccccc2C1c1ccccc1.O=C(OC1CN2CCC1CC2)N1CCc2ccccc2[C@@H]1c1ccccc1.OC1CN2CCC1CC2.[H-].[Na+].c1ccc(C2NCCc3ccccc32)cc1.c1ccc([C@@H]2NCCc3ccccc32)cc1. The molecule has 10 aromatic rings. The number of benzene rings is 10. The second kappa shape index (κ2) is 51.4. The molecule has 0 aliphatic carbocycles. The van der Waals surface area contributed by atoms with E-state index >= 15 is 0 Å². The van der Waals surface area contributed by atoms with Crippen LogP contribution in [-0.2, 0) is 55.8 Å². The maximum atomic E-state index is 13.2. The normalized spacial score (nSPS) is 25.9. The molecular weight excluding hydrogens is 1780 g/mol. The minimum Gasteiger partial charge on any atom is -1.00 e. The molecule has 9 atom stereocenters. The predicted molar refractivity (Wildman–Crippen MR) is 536 cm³/mol. The summed E-state index contributed by atoms with van der Waals surface area (Å²) in [5.74, 6) is 2.25. The van der Waals surface area contributed by atoms with Gasteiger partial charge in [-0.25, -0.2) is 24.0 Å². The van der Waals surface area contributed by atoms with Crippen LogP contribution < -0.4 is 40.2 Å². The molecule has 0 saturated carbocycles. The fourth-order valence-corrected chi connectivity index (χ4v) is 22.3. The van der Waals surface area contributed by atoms with Crippen LogP contribution in [0.15, 0.2) is 273 Å². The van der Waals surface area contributed by atoms with Gasteiger partial charge < -0.3 is 45.8 Å². The molecule has 7 unspecified atom stereocenters.